The van der Waals surface area contributed by atoms with Crippen LogP contribution in [0.3, 0.4) is 0 Å². The Morgan fingerprint density at radius 2 is 2.14 bits per heavy atom. The van der Waals surface area contributed by atoms with Gasteiger partial charge in [0.15, 0.2) is 0 Å². The Kier molecular flexibility index (Phi) is 1.94. The normalized spacial score (nSPS) is 34.2. The highest BCUT2D eigenvalue weighted by molar-refractivity contribution is 8.04. The molecule has 2 unspecified atom stereocenters. The summed E-state index contributed by atoms with van der Waals surface area (Å²) in [5.74, 6) is 0.698. The van der Waals surface area contributed by atoms with Gasteiger partial charge < -0.3 is 0 Å². The van der Waals surface area contributed by atoms with Gasteiger partial charge in [0.05, 0.1) is 0 Å². The topological polar surface area (TPSA) is 0 Å². The molecule has 0 fully saturated rings. The molecule has 0 amide bonds. The summed E-state index contributed by atoms with van der Waals surface area (Å²) in [6.07, 6.45) is 14.0. The molecule has 3 rings (SSSR count). The van der Waals surface area contributed by atoms with Crippen LogP contribution in [0.4, 0.5) is 0 Å². The van der Waals surface area contributed by atoms with Crippen molar-refractivity contribution in [3.05, 3.63) is 46.4 Å². The van der Waals surface area contributed by atoms with E-state index in [1.54, 1.807) is 10.5 Å². The van der Waals surface area contributed by atoms with Crippen LogP contribution in [-0.4, -0.2) is 5.25 Å². The lowest BCUT2D eigenvalue weighted by molar-refractivity contribution is 0.734. The fourth-order valence-corrected chi connectivity index (χ4v) is 4.04. The zero-order chi connectivity index (χ0) is 9.54. The molecule has 0 saturated heterocycles. The van der Waals surface area contributed by atoms with Crippen molar-refractivity contribution in [2.45, 2.75) is 25.0 Å². The van der Waals surface area contributed by atoms with E-state index in [9.17, 15) is 0 Å². The minimum Gasteiger partial charge on any atom is -0.117 e. The monoisotopic (exact) mass is 202 g/mol. The number of hydrogen-bond acceptors (Lipinski definition) is 1. The van der Waals surface area contributed by atoms with Gasteiger partial charge in [0, 0.05) is 16.1 Å². The first-order chi connectivity index (χ1) is 6.86. The smallest absolute Gasteiger partial charge is 0.0378 e. The molecule has 1 aliphatic heterocycles. The maximum absolute atomic E-state index is 2.39. The van der Waals surface area contributed by atoms with E-state index < -0.39 is 0 Å². The maximum atomic E-state index is 2.39. The quantitative estimate of drug-likeness (QED) is 0.575. The summed E-state index contributed by atoms with van der Waals surface area (Å²) in [7, 11) is 0. The van der Waals surface area contributed by atoms with Crippen molar-refractivity contribution >= 4 is 11.8 Å². The highest BCUT2D eigenvalue weighted by atomic mass is 32.2. The molecule has 0 saturated carbocycles. The van der Waals surface area contributed by atoms with Crippen LogP contribution in [0, 0.1) is 5.92 Å². The standard InChI is InChI=1S/C13H14S/c1-9-5-4-7-11-10-6-2-3-8-12(10)14-13(9)11/h2-3,5-6,8,10,12H,4,7H2,1H3. The Morgan fingerprint density at radius 3 is 3.07 bits per heavy atom. The van der Waals surface area contributed by atoms with Gasteiger partial charge in [-0.2, -0.15) is 0 Å². The van der Waals surface area contributed by atoms with E-state index in [0.29, 0.717) is 11.2 Å². The Morgan fingerprint density at radius 1 is 1.29 bits per heavy atom. The molecule has 72 valence electrons. The number of fused-ring (bicyclic) bond motifs is 2. The lowest BCUT2D eigenvalue weighted by Gasteiger charge is -2.18. The van der Waals surface area contributed by atoms with Gasteiger partial charge in [-0.05, 0) is 30.9 Å². The largest absolute Gasteiger partial charge is 0.117 e. The highest BCUT2D eigenvalue weighted by Crippen LogP contribution is 2.50. The molecule has 2 aliphatic carbocycles. The van der Waals surface area contributed by atoms with E-state index in [-0.39, 0.29) is 0 Å². The molecule has 0 aromatic rings. The van der Waals surface area contributed by atoms with Crippen molar-refractivity contribution in [1.29, 1.82) is 0 Å². The number of rotatable bonds is 0. The number of allylic oxidation sites excluding steroid dienone is 6. The first-order valence-corrected chi connectivity index (χ1v) is 6.16. The molecule has 0 aromatic carbocycles. The molecule has 1 heteroatoms. The second-order valence-corrected chi connectivity index (χ2v) is 5.35. The van der Waals surface area contributed by atoms with Gasteiger partial charge in [-0.15, -0.1) is 11.8 Å². The van der Waals surface area contributed by atoms with Crippen LogP contribution >= 0.6 is 11.8 Å². The Bertz CT molecular complexity index is 382. The molecule has 2 atom stereocenters. The van der Waals surface area contributed by atoms with Gasteiger partial charge in [0.25, 0.3) is 0 Å². The van der Waals surface area contributed by atoms with Gasteiger partial charge in [-0.25, -0.2) is 0 Å². The first kappa shape index (κ1) is 8.60. The molecule has 3 aliphatic rings. The number of thioether (sulfide) groups is 1. The van der Waals surface area contributed by atoms with E-state index in [1.807, 2.05) is 0 Å². The van der Waals surface area contributed by atoms with Gasteiger partial charge in [-0.1, -0.05) is 30.4 Å². The van der Waals surface area contributed by atoms with Gasteiger partial charge in [0.1, 0.15) is 0 Å². The Labute approximate surface area is 89.5 Å². The molecule has 0 bridgehead atoms. The molecular formula is C13H14S. The van der Waals surface area contributed by atoms with E-state index in [4.69, 9.17) is 0 Å². The van der Waals surface area contributed by atoms with Crippen molar-refractivity contribution in [3.63, 3.8) is 0 Å². The summed E-state index contributed by atoms with van der Waals surface area (Å²) in [6.45, 7) is 2.26. The number of hydrogen-bond donors (Lipinski definition) is 0. The van der Waals surface area contributed by atoms with Crippen LogP contribution in [0.5, 0.6) is 0 Å². The van der Waals surface area contributed by atoms with Crippen LogP contribution in [0.25, 0.3) is 0 Å². The predicted molar refractivity (Wildman–Crippen MR) is 63.2 cm³/mol. The fourth-order valence-electron chi connectivity index (χ4n) is 2.54. The second kappa shape index (κ2) is 3.16. The van der Waals surface area contributed by atoms with Crippen LogP contribution < -0.4 is 0 Å². The first-order valence-electron chi connectivity index (χ1n) is 5.28. The molecule has 0 nitrogen and oxygen atoms in total. The van der Waals surface area contributed by atoms with E-state index >= 15 is 0 Å². The summed E-state index contributed by atoms with van der Waals surface area (Å²) in [6, 6.07) is 0. The van der Waals surface area contributed by atoms with Crippen molar-refractivity contribution in [2.75, 3.05) is 0 Å². The zero-order valence-corrected chi connectivity index (χ0v) is 9.18. The summed E-state index contributed by atoms with van der Waals surface area (Å²) in [4.78, 5) is 1.59. The van der Waals surface area contributed by atoms with Crippen molar-refractivity contribution in [1.82, 2.24) is 0 Å². The van der Waals surface area contributed by atoms with Gasteiger partial charge in [0.2, 0.25) is 0 Å². The van der Waals surface area contributed by atoms with Gasteiger partial charge in [-0.3, -0.25) is 0 Å². The van der Waals surface area contributed by atoms with E-state index in [0.717, 1.165) is 0 Å². The van der Waals surface area contributed by atoms with Crippen molar-refractivity contribution in [3.8, 4) is 0 Å². The zero-order valence-electron chi connectivity index (χ0n) is 8.36. The van der Waals surface area contributed by atoms with Crippen LogP contribution in [0.1, 0.15) is 19.8 Å². The lowest BCUT2D eigenvalue weighted by Crippen LogP contribution is -2.12. The Hall–Kier alpha value is -0.690. The summed E-state index contributed by atoms with van der Waals surface area (Å²) in [5, 5.41) is 0.687. The third-order valence-electron chi connectivity index (χ3n) is 3.25. The molecule has 0 N–H and O–H groups in total. The van der Waals surface area contributed by atoms with Crippen LogP contribution in [0.2, 0.25) is 0 Å². The third kappa shape index (κ3) is 1.15. The highest BCUT2D eigenvalue weighted by Gasteiger charge is 2.34. The molecule has 0 aromatic heterocycles. The predicted octanol–water partition coefficient (Wildman–Crippen LogP) is 3.84. The molecule has 14 heavy (non-hydrogen) atoms. The average Bonchev–Trinajstić information content (AvgIpc) is 2.59. The van der Waals surface area contributed by atoms with Crippen LogP contribution in [-0.2, 0) is 0 Å². The lowest BCUT2D eigenvalue weighted by atomic mass is 9.86. The minimum absolute atomic E-state index is 0.687. The van der Waals surface area contributed by atoms with E-state index in [2.05, 4.69) is 49.1 Å². The van der Waals surface area contributed by atoms with E-state index in [1.165, 1.54) is 18.4 Å². The molecular weight excluding hydrogens is 188 g/mol. The van der Waals surface area contributed by atoms with Gasteiger partial charge >= 0.3 is 0 Å². The summed E-state index contributed by atoms with van der Waals surface area (Å²) < 4.78 is 0. The molecule has 0 radical (unpaired) electrons. The SMILES string of the molecule is CC1=CCCC2=C1SC1C=CC=CC21. The fraction of sp³-hybridized carbons (Fsp3) is 0.385. The summed E-state index contributed by atoms with van der Waals surface area (Å²) in [5.41, 5.74) is 3.20. The second-order valence-electron chi connectivity index (χ2n) is 4.16. The minimum atomic E-state index is 0.687. The molecule has 0 spiro atoms. The summed E-state index contributed by atoms with van der Waals surface area (Å²) >= 11 is 2.06. The third-order valence-corrected chi connectivity index (χ3v) is 4.80. The van der Waals surface area contributed by atoms with Crippen molar-refractivity contribution < 1.29 is 0 Å². The molecule has 1 heterocycles. The van der Waals surface area contributed by atoms with Crippen molar-refractivity contribution in [2.24, 2.45) is 5.92 Å². The average molecular weight is 202 g/mol. The maximum Gasteiger partial charge on any atom is 0.0378 e. The Balaban J connectivity index is 2.02. The van der Waals surface area contributed by atoms with Crippen LogP contribution in [0.15, 0.2) is 46.4 Å².